The van der Waals surface area contributed by atoms with Crippen molar-refractivity contribution in [3.8, 4) is 11.5 Å². The van der Waals surface area contributed by atoms with E-state index in [0.717, 1.165) is 15.6 Å². The summed E-state index contributed by atoms with van der Waals surface area (Å²) in [5.41, 5.74) is 1.78. The molecule has 0 fully saturated rings. The maximum atomic E-state index is 10.4. The van der Waals surface area contributed by atoms with E-state index in [4.69, 9.17) is 9.47 Å². The van der Waals surface area contributed by atoms with Crippen molar-refractivity contribution in [2.45, 2.75) is 12.5 Å². The average Bonchev–Trinajstić information content (AvgIpc) is 2.46. The zero-order valence-corrected chi connectivity index (χ0v) is 13.1. The van der Waals surface area contributed by atoms with Gasteiger partial charge in [0.25, 0.3) is 0 Å². The SMILES string of the molecule is COc1cccc(C(O)Cc2cccc(Br)c2)c1OC. The largest absolute Gasteiger partial charge is 0.493 e. The lowest BCUT2D eigenvalue weighted by atomic mass is 10.0. The van der Waals surface area contributed by atoms with Crippen LogP contribution in [0.25, 0.3) is 0 Å². The Kier molecular flexibility index (Phi) is 5.04. The highest BCUT2D eigenvalue weighted by Crippen LogP contribution is 2.35. The smallest absolute Gasteiger partial charge is 0.166 e. The Balaban J connectivity index is 2.27. The first kappa shape index (κ1) is 14.9. The lowest BCUT2D eigenvalue weighted by Gasteiger charge is -2.17. The number of benzene rings is 2. The number of aliphatic hydroxyl groups is 1. The second-order valence-electron chi connectivity index (χ2n) is 4.43. The van der Waals surface area contributed by atoms with Crippen molar-refractivity contribution in [2.24, 2.45) is 0 Å². The van der Waals surface area contributed by atoms with Gasteiger partial charge < -0.3 is 14.6 Å². The summed E-state index contributed by atoms with van der Waals surface area (Å²) in [6.07, 6.45) is -0.127. The molecule has 4 heteroatoms. The number of methoxy groups -OCH3 is 2. The van der Waals surface area contributed by atoms with Crippen molar-refractivity contribution in [3.63, 3.8) is 0 Å². The van der Waals surface area contributed by atoms with E-state index >= 15 is 0 Å². The topological polar surface area (TPSA) is 38.7 Å². The van der Waals surface area contributed by atoms with Crippen molar-refractivity contribution in [3.05, 3.63) is 58.1 Å². The van der Waals surface area contributed by atoms with Crippen molar-refractivity contribution in [2.75, 3.05) is 14.2 Å². The normalized spacial score (nSPS) is 12.0. The molecule has 2 aromatic carbocycles. The third-order valence-electron chi connectivity index (χ3n) is 3.11. The van der Waals surface area contributed by atoms with Crippen LogP contribution in [0.4, 0.5) is 0 Å². The molecule has 0 aromatic heterocycles. The number of para-hydroxylation sites is 1. The van der Waals surface area contributed by atoms with Gasteiger partial charge in [0, 0.05) is 16.5 Å². The molecule has 0 amide bonds. The first-order chi connectivity index (χ1) is 9.65. The summed E-state index contributed by atoms with van der Waals surface area (Å²) in [6.45, 7) is 0. The molecular weight excluding hydrogens is 320 g/mol. The molecule has 3 nitrogen and oxygen atoms in total. The highest BCUT2D eigenvalue weighted by molar-refractivity contribution is 9.10. The molecule has 1 unspecified atom stereocenters. The summed E-state index contributed by atoms with van der Waals surface area (Å²) in [5, 5.41) is 10.4. The maximum absolute atomic E-state index is 10.4. The number of rotatable bonds is 5. The first-order valence-electron chi connectivity index (χ1n) is 6.29. The van der Waals surface area contributed by atoms with E-state index in [2.05, 4.69) is 15.9 Å². The van der Waals surface area contributed by atoms with Crippen molar-refractivity contribution in [1.29, 1.82) is 0 Å². The number of hydrogen-bond donors (Lipinski definition) is 1. The lowest BCUT2D eigenvalue weighted by molar-refractivity contribution is 0.173. The van der Waals surface area contributed by atoms with Crippen molar-refractivity contribution >= 4 is 15.9 Å². The fourth-order valence-electron chi connectivity index (χ4n) is 2.17. The molecule has 2 rings (SSSR count). The fraction of sp³-hybridized carbons (Fsp3) is 0.250. The van der Waals surface area contributed by atoms with Crippen LogP contribution >= 0.6 is 15.9 Å². The van der Waals surface area contributed by atoms with Crippen molar-refractivity contribution < 1.29 is 14.6 Å². The van der Waals surface area contributed by atoms with Crippen LogP contribution in [0.15, 0.2) is 46.9 Å². The molecule has 0 aliphatic carbocycles. The number of hydrogen-bond acceptors (Lipinski definition) is 3. The highest BCUT2D eigenvalue weighted by atomic mass is 79.9. The van der Waals surface area contributed by atoms with E-state index in [1.807, 2.05) is 42.5 Å². The van der Waals surface area contributed by atoms with E-state index in [-0.39, 0.29) is 0 Å². The van der Waals surface area contributed by atoms with E-state index < -0.39 is 6.10 Å². The third-order valence-corrected chi connectivity index (χ3v) is 3.60. The molecule has 0 radical (unpaired) electrons. The van der Waals surface area contributed by atoms with E-state index in [9.17, 15) is 5.11 Å². The average molecular weight is 337 g/mol. The summed E-state index contributed by atoms with van der Waals surface area (Å²) < 4.78 is 11.6. The Labute approximate surface area is 127 Å². The molecule has 0 saturated heterocycles. The monoisotopic (exact) mass is 336 g/mol. The number of ether oxygens (including phenoxy) is 2. The van der Waals surface area contributed by atoms with Gasteiger partial charge in [-0.05, 0) is 23.8 Å². The molecular formula is C16H17BrO3. The Morgan fingerprint density at radius 2 is 1.85 bits per heavy atom. The summed E-state index contributed by atoms with van der Waals surface area (Å²) in [5.74, 6) is 1.20. The molecule has 20 heavy (non-hydrogen) atoms. The van der Waals surface area contributed by atoms with Gasteiger partial charge in [-0.15, -0.1) is 0 Å². The lowest BCUT2D eigenvalue weighted by Crippen LogP contribution is -2.05. The van der Waals surface area contributed by atoms with Gasteiger partial charge in [-0.25, -0.2) is 0 Å². The molecule has 0 saturated carbocycles. The predicted molar refractivity (Wildman–Crippen MR) is 82.4 cm³/mol. The Hall–Kier alpha value is -1.52. The van der Waals surface area contributed by atoms with E-state index in [1.54, 1.807) is 14.2 Å². The van der Waals surface area contributed by atoms with Crippen LogP contribution in [0.2, 0.25) is 0 Å². The molecule has 1 N–H and O–H groups in total. The zero-order chi connectivity index (χ0) is 14.5. The minimum Gasteiger partial charge on any atom is -0.493 e. The van der Waals surface area contributed by atoms with Gasteiger partial charge in [-0.1, -0.05) is 40.2 Å². The first-order valence-corrected chi connectivity index (χ1v) is 7.08. The predicted octanol–water partition coefficient (Wildman–Crippen LogP) is 3.74. The van der Waals surface area contributed by atoms with Gasteiger partial charge in [-0.3, -0.25) is 0 Å². The van der Waals surface area contributed by atoms with Gasteiger partial charge in [0.05, 0.1) is 20.3 Å². The van der Waals surface area contributed by atoms with Crippen LogP contribution in [0.3, 0.4) is 0 Å². The molecule has 1 atom stereocenters. The maximum Gasteiger partial charge on any atom is 0.166 e. The Bertz CT molecular complexity index is 584. The summed E-state index contributed by atoms with van der Waals surface area (Å²) in [4.78, 5) is 0. The van der Waals surface area contributed by atoms with Crippen LogP contribution in [-0.4, -0.2) is 19.3 Å². The molecule has 2 aromatic rings. The molecule has 0 spiro atoms. The van der Waals surface area contributed by atoms with Crippen LogP contribution < -0.4 is 9.47 Å². The highest BCUT2D eigenvalue weighted by Gasteiger charge is 2.17. The quantitative estimate of drug-likeness (QED) is 0.903. The third kappa shape index (κ3) is 3.32. The Morgan fingerprint density at radius 3 is 2.50 bits per heavy atom. The second-order valence-corrected chi connectivity index (χ2v) is 5.35. The van der Waals surface area contributed by atoms with Crippen LogP contribution in [0.5, 0.6) is 11.5 Å². The minimum absolute atomic E-state index is 0.517. The van der Waals surface area contributed by atoms with Crippen molar-refractivity contribution in [1.82, 2.24) is 0 Å². The zero-order valence-electron chi connectivity index (χ0n) is 11.5. The van der Waals surface area contributed by atoms with E-state index in [0.29, 0.717) is 17.9 Å². The fourth-order valence-corrected chi connectivity index (χ4v) is 2.62. The standard InChI is InChI=1S/C16H17BrO3/c1-19-15-8-4-7-13(16(15)20-2)14(18)10-11-5-3-6-12(17)9-11/h3-9,14,18H,10H2,1-2H3. The van der Waals surface area contributed by atoms with Gasteiger partial charge in [0.15, 0.2) is 11.5 Å². The molecule has 0 heterocycles. The van der Waals surface area contributed by atoms with Crippen LogP contribution in [0.1, 0.15) is 17.2 Å². The molecule has 0 aliphatic heterocycles. The second kappa shape index (κ2) is 6.77. The molecule has 106 valence electrons. The van der Waals surface area contributed by atoms with E-state index in [1.165, 1.54) is 0 Å². The number of aliphatic hydroxyl groups excluding tert-OH is 1. The molecule has 0 aliphatic rings. The Morgan fingerprint density at radius 1 is 1.10 bits per heavy atom. The summed E-state index contributed by atoms with van der Waals surface area (Å²) >= 11 is 3.43. The molecule has 0 bridgehead atoms. The van der Waals surface area contributed by atoms with Gasteiger partial charge in [0.1, 0.15) is 0 Å². The van der Waals surface area contributed by atoms with Gasteiger partial charge >= 0.3 is 0 Å². The number of halogens is 1. The van der Waals surface area contributed by atoms with Crippen LogP contribution in [0, 0.1) is 0 Å². The van der Waals surface area contributed by atoms with Gasteiger partial charge in [-0.2, -0.15) is 0 Å². The summed E-state index contributed by atoms with van der Waals surface area (Å²) in [7, 11) is 3.16. The summed E-state index contributed by atoms with van der Waals surface area (Å²) in [6, 6.07) is 13.4. The minimum atomic E-state index is -0.644. The van der Waals surface area contributed by atoms with Crippen LogP contribution in [-0.2, 0) is 6.42 Å². The van der Waals surface area contributed by atoms with Gasteiger partial charge in [0.2, 0.25) is 0 Å².